The Morgan fingerprint density at radius 2 is 2.04 bits per heavy atom. The second-order valence-corrected chi connectivity index (χ2v) is 8.73. The third-order valence-electron chi connectivity index (χ3n) is 4.32. The van der Waals surface area contributed by atoms with Gasteiger partial charge in [-0.3, -0.25) is 0 Å². The molecule has 1 aliphatic rings. The molecular weight excluding hydrogens is 441 g/mol. The van der Waals surface area contributed by atoms with Gasteiger partial charge in [0.1, 0.15) is 0 Å². The zero-order chi connectivity index (χ0) is 17.2. The van der Waals surface area contributed by atoms with Crippen LogP contribution in [0.15, 0.2) is 35.5 Å². The lowest BCUT2D eigenvalue weighted by atomic mass is 9.95. The molecule has 0 amide bonds. The number of hydrogen-bond acceptors (Lipinski definition) is 5. The average molecular weight is 461 g/mol. The van der Waals surface area contributed by atoms with Crippen molar-refractivity contribution in [3.05, 3.63) is 30.6 Å². The lowest BCUT2D eigenvalue weighted by Gasteiger charge is -2.32. The lowest BCUT2D eigenvalue weighted by Crippen LogP contribution is -2.29. The summed E-state index contributed by atoms with van der Waals surface area (Å²) in [5.41, 5.74) is 1.66. The highest BCUT2D eigenvalue weighted by molar-refractivity contribution is 14.1. The van der Waals surface area contributed by atoms with Crippen molar-refractivity contribution in [3.8, 4) is 5.69 Å². The summed E-state index contributed by atoms with van der Waals surface area (Å²) in [5, 5.41) is 7.90. The van der Waals surface area contributed by atoms with Gasteiger partial charge in [-0.15, -0.1) is 5.10 Å². The molecule has 0 aliphatic heterocycles. The molecule has 3 rings (SSSR count). The summed E-state index contributed by atoms with van der Waals surface area (Å²) in [5.74, 6) is 0. The molecule has 1 aromatic carbocycles. The van der Waals surface area contributed by atoms with E-state index >= 15 is 0 Å². The average Bonchev–Trinajstić information content (AvgIpc) is 3.16. The van der Waals surface area contributed by atoms with Crippen LogP contribution in [-0.4, -0.2) is 36.5 Å². The molecule has 0 atom stereocenters. The number of halogens is 1. The quantitative estimate of drug-likeness (QED) is 0.547. The zero-order valence-electron chi connectivity index (χ0n) is 13.4. The number of sulfonamides is 1. The van der Waals surface area contributed by atoms with Gasteiger partial charge in [-0.05, 0) is 38.1 Å². The van der Waals surface area contributed by atoms with Crippen molar-refractivity contribution < 1.29 is 8.42 Å². The van der Waals surface area contributed by atoms with Crippen molar-refractivity contribution >= 4 is 38.6 Å². The first-order chi connectivity index (χ1) is 11.5. The number of anilines is 1. The molecule has 1 saturated carbocycles. The second kappa shape index (κ2) is 7.36. The number of nitrogens with zero attached hydrogens (tertiary/aromatic N) is 4. The lowest BCUT2D eigenvalue weighted by molar-refractivity contribution is 0.450. The molecule has 0 saturated heterocycles. The number of nitrogens with one attached hydrogen (secondary N) is 1. The van der Waals surface area contributed by atoms with E-state index in [0.29, 0.717) is 11.7 Å². The second-order valence-electron chi connectivity index (χ2n) is 5.81. The molecule has 130 valence electrons. The molecule has 1 heterocycles. The topological polar surface area (TPSA) is 80.1 Å². The van der Waals surface area contributed by atoms with Crippen molar-refractivity contribution in [3.63, 3.8) is 0 Å². The molecule has 7 nitrogen and oxygen atoms in total. The largest absolute Gasteiger partial charge is 0.310 e. The Morgan fingerprint density at radius 1 is 1.29 bits per heavy atom. The summed E-state index contributed by atoms with van der Waals surface area (Å²) in [6.45, 7) is 0. The molecule has 1 N–H and O–H groups in total. The standard InChI is InChI=1S/C15H20IN5O2S/c1-17-24(22,23)13-7-8-14(15(11-13)20-10-9-18-19-20)21(16)12-5-3-2-4-6-12/h7-12,17H,2-6H2,1H3. The Balaban J connectivity index is 2.05. The van der Waals surface area contributed by atoms with Crippen molar-refractivity contribution in [2.45, 2.75) is 43.0 Å². The number of rotatable bonds is 5. The summed E-state index contributed by atoms with van der Waals surface area (Å²) >= 11 is 2.33. The first-order valence-corrected chi connectivity index (χ1v) is 10.4. The van der Waals surface area contributed by atoms with Crippen LogP contribution in [0.3, 0.4) is 0 Å². The Labute approximate surface area is 156 Å². The van der Waals surface area contributed by atoms with E-state index in [1.807, 2.05) is 6.07 Å². The van der Waals surface area contributed by atoms with Gasteiger partial charge in [0.15, 0.2) is 0 Å². The van der Waals surface area contributed by atoms with Crippen LogP contribution in [0.2, 0.25) is 0 Å². The minimum atomic E-state index is -3.51. The molecule has 24 heavy (non-hydrogen) atoms. The first-order valence-electron chi connectivity index (χ1n) is 7.92. The van der Waals surface area contributed by atoms with E-state index in [2.05, 4.69) is 41.0 Å². The van der Waals surface area contributed by atoms with Gasteiger partial charge in [0.25, 0.3) is 0 Å². The van der Waals surface area contributed by atoms with Crippen LogP contribution in [0, 0.1) is 0 Å². The Hall–Kier alpha value is -1.20. The van der Waals surface area contributed by atoms with Gasteiger partial charge in [0, 0.05) is 6.04 Å². The minimum Gasteiger partial charge on any atom is -0.310 e. The predicted molar refractivity (Wildman–Crippen MR) is 101 cm³/mol. The highest BCUT2D eigenvalue weighted by Gasteiger charge is 2.24. The smallest absolute Gasteiger partial charge is 0.240 e. The van der Waals surface area contributed by atoms with Gasteiger partial charge in [-0.25, -0.2) is 17.8 Å². The van der Waals surface area contributed by atoms with E-state index in [0.717, 1.165) is 18.5 Å². The van der Waals surface area contributed by atoms with Crippen LogP contribution < -0.4 is 7.84 Å². The van der Waals surface area contributed by atoms with Crippen LogP contribution >= 0.6 is 22.9 Å². The third kappa shape index (κ3) is 3.57. The van der Waals surface area contributed by atoms with Crippen LogP contribution in [0.4, 0.5) is 5.69 Å². The Kier molecular flexibility index (Phi) is 5.40. The van der Waals surface area contributed by atoms with Crippen LogP contribution in [0.5, 0.6) is 0 Å². The highest BCUT2D eigenvalue weighted by atomic mass is 127. The van der Waals surface area contributed by atoms with Crippen molar-refractivity contribution in [2.24, 2.45) is 0 Å². The normalized spacial score (nSPS) is 16.2. The van der Waals surface area contributed by atoms with E-state index < -0.39 is 10.0 Å². The molecule has 1 aliphatic carbocycles. The molecule has 1 fully saturated rings. The number of aromatic nitrogens is 3. The summed E-state index contributed by atoms with van der Waals surface area (Å²) in [6.07, 6.45) is 9.36. The Morgan fingerprint density at radius 3 is 2.67 bits per heavy atom. The molecule has 0 bridgehead atoms. The molecule has 0 spiro atoms. The first kappa shape index (κ1) is 17.6. The molecule has 9 heteroatoms. The predicted octanol–water partition coefficient (Wildman–Crippen LogP) is 2.66. The van der Waals surface area contributed by atoms with E-state index in [4.69, 9.17) is 0 Å². The minimum absolute atomic E-state index is 0.215. The Bertz CT molecular complexity index is 788. The summed E-state index contributed by atoms with van der Waals surface area (Å²) < 4.78 is 30.4. The third-order valence-corrected chi connectivity index (χ3v) is 7.04. The van der Waals surface area contributed by atoms with E-state index in [-0.39, 0.29) is 4.90 Å². The summed E-state index contributed by atoms with van der Waals surface area (Å²) in [6, 6.07) is 5.58. The molecule has 2 aromatic rings. The van der Waals surface area contributed by atoms with Crippen molar-refractivity contribution in [1.29, 1.82) is 0 Å². The molecule has 0 radical (unpaired) electrons. The van der Waals surface area contributed by atoms with Crippen molar-refractivity contribution in [1.82, 2.24) is 19.7 Å². The van der Waals surface area contributed by atoms with Crippen LogP contribution in [0.1, 0.15) is 32.1 Å². The van der Waals surface area contributed by atoms with Gasteiger partial charge in [0.2, 0.25) is 10.0 Å². The maximum Gasteiger partial charge on any atom is 0.240 e. The molecule has 0 unspecified atom stereocenters. The maximum absolute atomic E-state index is 12.1. The van der Waals surface area contributed by atoms with Crippen LogP contribution in [0.25, 0.3) is 5.69 Å². The zero-order valence-corrected chi connectivity index (χ0v) is 16.4. The van der Waals surface area contributed by atoms with Gasteiger partial charge >= 0.3 is 0 Å². The monoisotopic (exact) mass is 461 g/mol. The van der Waals surface area contributed by atoms with Gasteiger partial charge < -0.3 is 3.11 Å². The molecule has 1 aromatic heterocycles. The van der Waals surface area contributed by atoms with E-state index in [9.17, 15) is 8.42 Å². The number of hydrogen-bond donors (Lipinski definition) is 1. The summed E-state index contributed by atoms with van der Waals surface area (Å²) in [4.78, 5) is 0.215. The number of benzene rings is 1. The SMILES string of the molecule is CNS(=O)(=O)c1ccc(N(I)C2CCCCC2)c(-n2ccnn2)c1. The van der Waals surface area contributed by atoms with Crippen LogP contribution in [-0.2, 0) is 10.0 Å². The maximum atomic E-state index is 12.1. The van der Waals surface area contributed by atoms with Gasteiger partial charge in [0.05, 0.1) is 51.5 Å². The molecular formula is C15H20IN5O2S. The van der Waals surface area contributed by atoms with E-state index in [1.54, 1.807) is 29.2 Å². The fourth-order valence-corrected chi connectivity index (χ4v) is 4.71. The van der Waals surface area contributed by atoms with Crippen molar-refractivity contribution in [2.75, 3.05) is 10.2 Å². The highest BCUT2D eigenvalue weighted by Crippen LogP contribution is 2.35. The summed E-state index contributed by atoms with van der Waals surface area (Å²) in [7, 11) is -2.10. The van der Waals surface area contributed by atoms with Gasteiger partial charge in [-0.2, -0.15) is 0 Å². The fourth-order valence-electron chi connectivity index (χ4n) is 2.99. The van der Waals surface area contributed by atoms with Gasteiger partial charge in [-0.1, -0.05) is 24.5 Å². The van der Waals surface area contributed by atoms with E-state index in [1.165, 1.54) is 26.3 Å². The fraction of sp³-hybridized carbons (Fsp3) is 0.467.